The van der Waals surface area contributed by atoms with Crippen LogP contribution in [0.4, 0.5) is 8.78 Å². The summed E-state index contributed by atoms with van der Waals surface area (Å²) in [6.45, 7) is 1.94. The van der Waals surface area contributed by atoms with Crippen LogP contribution in [0.5, 0.6) is 0 Å². The molecule has 1 amide bonds. The number of rotatable bonds is 8. The summed E-state index contributed by atoms with van der Waals surface area (Å²) in [6.07, 6.45) is 5.70. The van der Waals surface area contributed by atoms with Crippen molar-refractivity contribution in [3.05, 3.63) is 48.0 Å². The van der Waals surface area contributed by atoms with E-state index in [1.165, 1.54) is 17.7 Å². The molecule has 1 aromatic rings. The third-order valence-electron chi connectivity index (χ3n) is 4.47. The number of amides is 1. The lowest BCUT2D eigenvalue weighted by Crippen LogP contribution is -2.30. The lowest BCUT2D eigenvalue weighted by molar-refractivity contribution is -0.139. The van der Waals surface area contributed by atoms with Crippen LogP contribution in [0.3, 0.4) is 0 Å². The van der Waals surface area contributed by atoms with Crippen LogP contribution in [0.15, 0.2) is 42.5 Å². The molecular weight excluding hydrogens is 312 g/mol. The highest BCUT2D eigenvalue weighted by Crippen LogP contribution is 2.27. The predicted octanol–water partition coefficient (Wildman–Crippen LogP) is 3.48. The van der Waals surface area contributed by atoms with Gasteiger partial charge in [0.1, 0.15) is 0 Å². The van der Waals surface area contributed by atoms with Gasteiger partial charge in [-0.15, -0.1) is 0 Å². The van der Waals surface area contributed by atoms with Gasteiger partial charge in [-0.05, 0) is 30.7 Å². The van der Waals surface area contributed by atoms with Gasteiger partial charge in [0.05, 0.1) is 12.1 Å². The molecule has 0 spiro atoms. The molecule has 1 heterocycles. The van der Waals surface area contributed by atoms with E-state index >= 15 is 0 Å². The van der Waals surface area contributed by atoms with E-state index in [0.717, 1.165) is 25.7 Å². The monoisotopic (exact) mass is 337 g/mol. The van der Waals surface area contributed by atoms with E-state index in [4.69, 9.17) is 0 Å². The lowest BCUT2D eigenvalue weighted by atomic mass is 9.95. The second-order valence-electron chi connectivity index (χ2n) is 6.57. The predicted molar refractivity (Wildman–Crippen MR) is 89.8 cm³/mol. The van der Waals surface area contributed by atoms with Gasteiger partial charge in [0, 0.05) is 6.42 Å². The van der Waals surface area contributed by atoms with E-state index < -0.39 is 30.4 Å². The van der Waals surface area contributed by atoms with Gasteiger partial charge >= 0.3 is 5.92 Å². The topological polar surface area (TPSA) is 49.3 Å². The molecule has 3 nitrogen and oxygen atoms in total. The fourth-order valence-electron chi connectivity index (χ4n) is 2.86. The van der Waals surface area contributed by atoms with Crippen molar-refractivity contribution >= 4 is 5.91 Å². The molecule has 3 atom stereocenters. The summed E-state index contributed by atoms with van der Waals surface area (Å²) in [5, 5.41) is 12.3. The third kappa shape index (κ3) is 5.41. The maximum Gasteiger partial charge on any atom is 0.326 e. The van der Waals surface area contributed by atoms with Crippen molar-refractivity contribution in [2.75, 3.05) is 0 Å². The van der Waals surface area contributed by atoms with Crippen molar-refractivity contribution in [2.24, 2.45) is 5.92 Å². The van der Waals surface area contributed by atoms with Crippen molar-refractivity contribution in [2.45, 2.75) is 57.1 Å². The molecule has 0 aromatic heterocycles. The summed E-state index contributed by atoms with van der Waals surface area (Å²) in [7, 11) is 0. The Morgan fingerprint density at radius 3 is 2.67 bits per heavy atom. The number of carbonyl (C=O) groups is 1. The van der Waals surface area contributed by atoms with E-state index in [2.05, 4.69) is 17.4 Å². The summed E-state index contributed by atoms with van der Waals surface area (Å²) < 4.78 is 26.2. The van der Waals surface area contributed by atoms with Gasteiger partial charge in [0.15, 0.2) is 0 Å². The molecule has 24 heavy (non-hydrogen) atoms. The standard InChI is InChI=1S/C19H25F2NO2/c1-14(7-5-6-10-15-8-3-2-4-9-15)17(23)12-11-16-13-19(20,21)18(24)22-16/h2-4,8-9,11-12,14,16-17,23H,5-7,10,13H2,1H3,(H,22,24)/b12-11+/t14-,16-,17+/m0/s1. The van der Waals surface area contributed by atoms with Crippen LogP contribution in [-0.4, -0.2) is 29.1 Å². The third-order valence-corrected chi connectivity index (χ3v) is 4.47. The number of nitrogens with one attached hydrogen (secondary N) is 1. The Morgan fingerprint density at radius 1 is 1.33 bits per heavy atom. The van der Waals surface area contributed by atoms with Crippen molar-refractivity contribution in [1.29, 1.82) is 0 Å². The molecule has 1 aromatic carbocycles. The van der Waals surface area contributed by atoms with Gasteiger partial charge in [-0.25, -0.2) is 0 Å². The largest absolute Gasteiger partial charge is 0.389 e. The fraction of sp³-hybridized carbons (Fsp3) is 0.526. The quantitative estimate of drug-likeness (QED) is 0.564. The van der Waals surface area contributed by atoms with Crippen LogP contribution in [0.1, 0.15) is 38.2 Å². The molecule has 2 rings (SSSR count). The Labute approximate surface area is 141 Å². The molecule has 1 saturated heterocycles. The molecule has 132 valence electrons. The minimum atomic E-state index is -3.30. The van der Waals surface area contributed by atoms with Crippen molar-refractivity contribution in [3.63, 3.8) is 0 Å². The van der Waals surface area contributed by atoms with Crippen LogP contribution >= 0.6 is 0 Å². The van der Waals surface area contributed by atoms with Gasteiger partial charge in [-0.2, -0.15) is 8.78 Å². The SMILES string of the molecule is C[C@@H](CCCCc1ccccc1)[C@H](O)/C=C/[C@H]1CC(F)(F)C(=O)N1. The van der Waals surface area contributed by atoms with Gasteiger partial charge in [-0.3, -0.25) is 4.79 Å². The molecular formula is C19H25F2NO2. The Kier molecular flexibility index (Phi) is 6.49. The highest BCUT2D eigenvalue weighted by Gasteiger charge is 2.47. The van der Waals surface area contributed by atoms with Gasteiger partial charge in [0.2, 0.25) is 0 Å². The zero-order chi connectivity index (χ0) is 17.6. The Hall–Kier alpha value is -1.75. The summed E-state index contributed by atoms with van der Waals surface area (Å²) in [5.74, 6) is -4.49. The summed E-state index contributed by atoms with van der Waals surface area (Å²) in [4.78, 5) is 11.0. The summed E-state index contributed by atoms with van der Waals surface area (Å²) in [6, 6.07) is 9.55. The van der Waals surface area contributed by atoms with E-state index in [0.29, 0.717) is 0 Å². The van der Waals surface area contributed by atoms with Crippen LogP contribution in [-0.2, 0) is 11.2 Å². The first-order valence-electron chi connectivity index (χ1n) is 8.47. The molecule has 1 fully saturated rings. The summed E-state index contributed by atoms with van der Waals surface area (Å²) in [5.41, 5.74) is 1.31. The molecule has 0 radical (unpaired) electrons. The molecule has 1 aliphatic rings. The van der Waals surface area contributed by atoms with Crippen molar-refractivity contribution in [3.8, 4) is 0 Å². The second kappa shape index (κ2) is 8.38. The average molecular weight is 337 g/mol. The first-order valence-corrected chi connectivity index (χ1v) is 8.47. The number of aryl methyl sites for hydroxylation is 1. The van der Waals surface area contributed by atoms with Crippen LogP contribution < -0.4 is 5.32 Å². The number of unbranched alkanes of at least 4 members (excludes halogenated alkanes) is 1. The number of alkyl halides is 2. The molecule has 0 aliphatic carbocycles. The first-order chi connectivity index (χ1) is 11.4. The highest BCUT2D eigenvalue weighted by molar-refractivity contribution is 5.86. The second-order valence-corrected chi connectivity index (χ2v) is 6.57. The number of hydrogen-bond donors (Lipinski definition) is 2. The van der Waals surface area contributed by atoms with Gasteiger partial charge < -0.3 is 10.4 Å². The van der Waals surface area contributed by atoms with E-state index in [1.54, 1.807) is 0 Å². The number of halogens is 2. The van der Waals surface area contributed by atoms with Crippen LogP contribution in [0, 0.1) is 5.92 Å². The molecule has 1 aliphatic heterocycles. The van der Waals surface area contributed by atoms with Gasteiger partial charge in [0.25, 0.3) is 5.91 Å². The molecule has 0 saturated carbocycles. The maximum absolute atomic E-state index is 13.1. The maximum atomic E-state index is 13.1. The minimum Gasteiger partial charge on any atom is -0.389 e. The molecule has 2 N–H and O–H groups in total. The van der Waals surface area contributed by atoms with E-state index in [9.17, 15) is 18.7 Å². The van der Waals surface area contributed by atoms with Crippen molar-refractivity contribution in [1.82, 2.24) is 5.32 Å². The number of hydrogen-bond acceptors (Lipinski definition) is 2. The van der Waals surface area contributed by atoms with E-state index in [1.807, 2.05) is 25.1 Å². The highest BCUT2D eigenvalue weighted by atomic mass is 19.3. The molecule has 0 unspecified atom stereocenters. The molecule has 0 bridgehead atoms. The Bertz CT molecular complexity index is 560. The van der Waals surface area contributed by atoms with Crippen LogP contribution in [0.25, 0.3) is 0 Å². The minimum absolute atomic E-state index is 0.0506. The van der Waals surface area contributed by atoms with Crippen molar-refractivity contribution < 1.29 is 18.7 Å². The molecule has 5 heteroatoms. The zero-order valence-electron chi connectivity index (χ0n) is 13.9. The fourth-order valence-corrected chi connectivity index (χ4v) is 2.86. The van der Waals surface area contributed by atoms with Gasteiger partial charge in [-0.1, -0.05) is 55.8 Å². The number of aliphatic hydroxyl groups is 1. The number of aliphatic hydroxyl groups excluding tert-OH is 1. The zero-order valence-corrected chi connectivity index (χ0v) is 13.9. The number of carbonyl (C=O) groups excluding carboxylic acids is 1. The van der Waals surface area contributed by atoms with E-state index in [-0.39, 0.29) is 5.92 Å². The van der Waals surface area contributed by atoms with Crippen LogP contribution in [0.2, 0.25) is 0 Å². The first kappa shape index (κ1) is 18.6. The Balaban J connectivity index is 1.67. The average Bonchev–Trinajstić information content (AvgIpc) is 2.82. The Morgan fingerprint density at radius 2 is 2.04 bits per heavy atom. The number of benzene rings is 1. The smallest absolute Gasteiger partial charge is 0.326 e. The normalized spacial score (nSPS) is 22.5. The summed E-state index contributed by atoms with van der Waals surface area (Å²) >= 11 is 0. The lowest BCUT2D eigenvalue weighted by Gasteiger charge is -2.16.